The number of sulfonamides is 1. The smallest absolute Gasteiger partial charge is 0.261 e. The first-order valence-corrected chi connectivity index (χ1v) is 9.09. The highest BCUT2D eigenvalue weighted by atomic mass is 79.9. The molecule has 0 saturated carbocycles. The van der Waals surface area contributed by atoms with E-state index in [4.69, 9.17) is 0 Å². The molecule has 6 nitrogen and oxygen atoms in total. The summed E-state index contributed by atoms with van der Waals surface area (Å²) < 4.78 is 55.2. The van der Waals surface area contributed by atoms with E-state index in [9.17, 15) is 22.0 Å². The van der Waals surface area contributed by atoms with Crippen molar-refractivity contribution in [2.45, 2.75) is 11.3 Å². The number of halogens is 3. The molecule has 0 aromatic heterocycles. The summed E-state index contributed by atoms with van der Waals surface area (Å²) in [6.45, 7) is 2.71. The Morgan fingerprint density at radius 1 is 1.42 bits per heavy atom. The van der Waals surface area contributed by atoms with Crippen LogP contribution in [0.3, 0.4) is 0 Å². The number of hydrogen-bond donors (Lipinski definition) is 2. The van der Waals surface area contributed by atoms with Crippen LogP contribution in [0.15, 0.2) is 40.2 Å². The van der Waals surface area contributed by atoms with Crippen molar-refractivity contribution in [1.29, 1.82) is 0 Å². The van der Waals surface area contributed by atoms with E-state index in [0.717, 1.165) is 0 Å². The Labute approximate surface area is 147 Å². The Hall–Kier alpha value is -1.36. The maximum absolute atomic E-state index is 12.1. The van der Waals surface area contributed by atoms with E-state index in [1.165, 1.54) is 24.3 Å². The van der Waals surface area contributed by atoms with Gasteiger partial charge < -0.3 is 10.1 Å². The first-order chi connectivity index (χ1) is 11.3. The normalized spacial score (nSPS) is 11.5. The van der Waals surface area contributed by atoms with Crippen LogP contribution in [-0.2, 0) is 14.8 Å². The summed E-state index contributed by atoms with van der Waals surface area (Å²) in [4.78, 5) is 12.0. The zero-order valence-corrected chi connectivity index (χ0v) is 15.0. The van der Waals surface area contributed by atoms with E-state index in [-0.39, 0.29) is 30.2 Å². The Morgan fingerprint density at radius 3 is 2.75 bits per heavy atom. The third-order valence-corrected chi connectivity index (χ3v) is 4.80. The lowest BCUT2D eigenvalue weighted by molar-refractivity contribution is 0.0188. The van der Waals surface area contributed by atoms with Gasteiger partial charge in [-0.15, -0.1) is 6.58 Å². The molecule has 0 aliphatic heterocycles. The number of ether oxygens (including phenoxy) is 1. The molecule has 2 N–H and O–H groups in total. The number of nitrogens with one attached hydrogen (secondary N) is 2. The van der Waals surface area contributed by atoms with Gasteiger partial charge in [-0.2, -0.15) is 0 Å². The maximum Gasteiger partial charge on any atom is 0.261 e. The summed E-state index contributed by atoms with van der Waals surface area (Å²) in [5.74, 6) is -0.553. The molecule has 0 bridgehead atoms. The molecule has 0 aliphatic carbocycles. The third kappa shape index (κ3) is 6.63. The van der Waals surface area contributed by atoms with Crippen molar-refractivity contribution < 1.29 is 26.7 Å². The predicted molar refractivity (Wildman–Crippen MR) is 88.7 cm³/mol. The van der Waals surface area contributed by atoms with Crippen LogP contribution < -0.4 is 10.0 Å². The van der Waals surface area contributed by atoms with Crippen LogP contribution in [0, 0.1) is 0 Å². The number of carbonyl (C=O) groups is 1. The Balaban J connectivity index is 2.75. The molecule has 0 fully saturated rings. The zero-order valence-electron chi connectivity index (χ0n) is 12.6. The van der Waals surface area contributed by atoms with Crippen LogP contribution in [0.25, 0.3) is 0 Å². The summed E-state index contributed by atoms with van der Waals surface area (Å²) in [6, 6.07) is 3.99. The molecule has 10 heteroatoms. The maximum atomic E-state index is 12.1. The molecule has 1 rings (SSSR count). The van der Waals surface area contributed by atoms with E-state index in [2.05, 4.69) is 37.3 Å². The van der Waals surface area contributed by atoms with E-state index in [1.807, 2.05) is 0 Å². The van der Waals surface area contributed by atoms with Gasteiger partial charge in [-0.25, -0.2) is 21.9 Å². The SMILES string of the molecule is C=CCNS(=O)(=O)c1ccc(Br)c(C(=O)NCCOCC(F)F)c1. The number of rotatable bonds is 10. The lowest BCUT2D eigenvalue weighted by Gasteiger charge is -2.10. The van der Waals surface area contributed by atoms with Crippen LogP contribution in [0.1, 0.15) is 10.4 Å². The molecule has 0 unspecified atom stereocenters. The standard InChI is InChI=1S/C14H17BrF2N2O4S/c1-2-5-19-24(21,22)10-3-4-12(15)11(8-10)14(20)18-6-7-23-9-13(16)17/h2-4,8,13,19H,1,5-7,9H2,(H,18,20). The average molecular weight is 427 g/mol. The van der Waals surface area contributed by atoms with Gasteiger partial charge in [0.15, 0.2) is 0 Å². The molecule has 1 amide bonds. The number of hydrogen-bond acceptors (Lipinski definition) is 4. The molecule has 0 heterocycles. The fourth-order valence-electron chi connectivity index (χ4n) is 1.60. The molecule has 0 radical (unpaired) electrons. The van der Waals surface area contributed by atoms with Gasteiger partial charge >= 0.3 is 0 Å². The van der Waals surface area contributed by atoms with E-state index in [0.29, 0.717) is 4.47 Å². The van der Waals surface area contributed by atoms with Gasteiger partial charge in [0, 0.05) is 17.6 Å². The zero-order chi connectivity index (χ0) is 18.2. The molecular weight excluding hydrogens is 410 g/mol. The topological polar surface area (TPSA) is 84.5 Å². The second-order valence-corrected chi connectivity index (χ2v) is 7.13. The van der Waals surface area contributed by atoms with Crippen molar-refractivity contribution in [2.75, 3.05) is 26.3 Å². The van der Waals surface area contributed by atoms with Crippen LogP contribution in [0.4, 0.5) is 8.78 Å². The summed E-state index contributed by atoms with van der Waals surface area (Å²) in [5.41, 5.74) is 0.102. The van der Waals surface area contributed by atoms with E-state index >= 15 is 0 Å². The molecule has 134 valence electrons. The van der Waals surface area contributed by atoms with Crippen molar-refractivity contribution in [3.05, 3.63) is 40.9 Å². The monoisotopic (exact) mass is 426 g/mol. The van der Waals surface area contributed by atoms with Gasteiger partial charge in [-0.3, -0.25) is 4.79 Å². The highest BCUT2D eigenvalue weighted by Crippen LogP contribution is 2.21. The van der Waals surface area contributed by atoms with Crippen LogP contribution in [-0.4, -0.2) is 47.1 Å². The molecule has 0 aliphatic rings. The summed E-state index contributed by atoms with van der Waals surface area (Å²) in [7, 11) is -3.76. The van der Waals surface area contributed by atoms with Crippen molar-refractivity contribution in [3.63, 3.8) is 0 Å². The minimum Gasteiger partial charge on any atom is -0.374 e. The van der Waals surface area contributed by atoms with Crippen molar-refractivity contribution in [3.8, 4) is 0 Å². The van der Waals surface area contributed by atoms with Crippen LogP contribution in [0.5, 0.6) is 0 Å². The fraction of sp³-hybridized carbons (Fsp3) is 0.357. The summed E-state index contributed by atoms with van der Waals surface area (Å²) >= 11 is 3.17. The Morgan fingerprint density at radius 2 is 2.12 bits per heavy atom. The largest absolute Gasteiger partial charge is 0.374 e. The summed E-state index contributed by atoms with van der Waals surface area (Å²) in [6.07, 6.45) is -1.18. The van der Waals surface area contributed by atoms with Gasteiger partial charge in [0.2, 0.25) is 10.0 Å². The molecular formula is C14H17BrF2N2O4S. The van der Waals surface area contributed by atoms with Crippen molar-refractivity contribution >= 4 is 31.9 Å². The van der Waals surface area contributed by atoms with E-state index < -0.39 is 29.0 Å². The highest BCUT2D eigenvalue weighted by Gasteiger charge is 2.17. The quantitative estimate of drug-likeness (QED) is 0.442. The van der Waals surface area contributed by atoms with Crippen molar-refractivity contribution in [2.24, 2.45) is 0 Å². The van der Waals surface area contributed by atoms with Gasteiger partial charge in [-0.05, 0) is 34.1 Å². The second kappa shape index (κ2) is 9.82. The van der Waals surface area contributed by atoms with Crippen molar-refractivity contribution in [1.82, 2.24) is 10.0 Å². The Kier molecular flexibility index (Phi) is 8.46. The van der Waals surface area contributed by atoms with Crippen LogP contribution in [0.2, 0.25) is 0 Å². The van der Waals surface area contributed by atoms with Gasteiger partial charge in [0.05, 0.1) is 17.1 Å². The summed E-state index contributed by atoms with van der Waals surface area (Å²) in [5, 5.41) is 2.47. The number of amides is 1. The molecule has 0 spiro atoms. The minimum atomic E-state index is -3.76. The number of carbonyl (C=O) groups excluding carboxylic acids is 1. The molecule has 0 saturated heterocycles. The Bertz CT molecular complexity index is 683. The van der Waals surface area contributed by atoms with Gasteiger partial charge in [-0.1, -0.05) is 6.08 Å². The predicted octanol–water partition coefficient (Wildman–Crippen LogP) is 1.92. The highest BCUT2D eigenvalue weighted by molar-refractivity contribution is 9.10. The van der Waals surface area contributed by atoms with Gasteiger partial charge in [0.25, 0.3) is 12.3 Å². The average Bonchev–Trinajstić information content (AvgIpc) is 2.52. The first-order valence-electron chi connectivity index (χ1n) is 6.82. The third-order valence-electron chi connectivity index (χ3n) is 2.69. The molecule has 24 heavy (non-hydrogen) atoms. The number of benzene rings is 1. The molecule has 1 aromatic carbocycles. The second-order valence-electron chi connectivity index (χ2n) is 4.50. The van der Waals surface area contributed by atoms with Gasteiger partial charge in [0.1, 0.15) is 6.61 Å². The minimum absolute atomic E-state index is 0.0175. The number of alkyl halides is 2. The molecule has 0 atom stereocenters. The lowest BCUT2D eigenvalue weighted by atomic mass is 10.2. The van der Waals surface area contributed by atoms with E-state index in [1.54, 1.807) is 0 Å². The first kappa shape index (κ1) is 20.7. The fourth-order valence-corrected chi connectivity index (χ4v) is 3.05. The molecule has 1 aromatic rings. The lowest BCUT2D eigenvalue weighted by Crippen LogP contribution is -2.29. The van der Waals surface area contributed by atoms with Crippen LogP contribution >= 0.6 is 15.9 Å².